The summed E-state index contributed by atoms with van der Waals surface area (Å²) in [5.74, 6) is 1.25. The molecule has 2 atom stereocenters. The van der Waals surface area contributed by atoms with E-state index in [2.05, 4.69) is 10.2 Å². The highest BCUT2D eigenvalue weighted by Crippen LogP contribution is 2.38. The number of hydrogen-bond acceptors (Lipinski definition) is 3. The molecule has 1 aromatic heterocycles. The molecule has 0 bridgehead atoms. The molecule has 1 N–H and O–H groups in total. The molecule has 5 nitrogen and oxygen atoms in total. The van der Waals surface area contributed by atoms with Crippen molar-refractivity contribution in [3.8, 4) is 0 Å². The van der Waals surface area contributed by atoms with Crippen LogP contribution in [0.3, 0.4) is 0 Å². The Labute approximate surface area is 122 Å². The maximum Gasteiger partial charge on any atom is 0.274 e. The number of nitrogens with zero attached hydrogens (tertiary/aromatic N) is 2. The van der Waals surface area contributed by atoms with E-state index in [0.29, 0.717) is 28.3 Å². The molecule has 5 heteroatoms. The Morgan fingerprint density at radius 3 is 2.52 bits per heavy atom. The van der Waals surface area contributed by atoms with Crippen LogP contribution in [0.5, 0.6) is 0 Å². The first-order valence-electron chi connectivity index (χ1n) is 7.51. The molecule has 1 aliphatic carbocycles. The van der Waals surface area contributed by atoms with Crippen molar-refractivity contribution in [3.05, 3.63) is 40.3 Å². The predicted octanol–water partition coefficient (Wildman–Crippen LogP) is 1.80. The fourth-order valence-electron chi connectivity index (χ4n) is 3.83. The maximum atomic E-state index is 12.7. The lowest BCUT2D eigenvalue weighted by molar-refractivity contribution is 0.0776. The molecule has 1 saturated heterocycles. The monoisotopic (exact) mass is 283 g/mol. The number of H-pyrrole nitrogens is 1. The number of hydrogen-bond donors (Lipinski definition) is 1. The van der Waals surface area contributed by atoms with Gasteiger partial charge < -0.3 is 4.90 Å². The van der Waals surface area contributed by atoms with Crippen LogP contribution in [0.1, 0.15) is 29.8 Å². The number of likely N-dealkylation sites (tertiary alicyclic amines) is 1. The molecule has 1 amide bonds. The van der Waals surface area contributed by atoms with Crippen molar-refractivity contribution < 1.29 is 4.79 Å². The highest BCUT2D eigenvalue weighted by atomic mass is 16.2. The Balaban J connectivity index is 1.72. The van der Waals surface area contributed by atoms with E-state index in [1.165, 1.54) is 19.3 Å². The summed E-state index contributed by atoms with van der Waals surface area (Å²) < 4.78 is 0. The smallest absolute Gasteiger partial charge is 0.274 e. The topological polar surface area (TPSA) is 66.1 Å². The van der Waals surface area contributed by atoms with Crippen molar-refractivity contribution in [2.75, 3.05) is 13.1 Å². The minimum absolute atomic E-state index is 0.0585. The first-order chi connectivity index (χ1) is 10.2. The van der Waals surface area contributed by atoms with E-state index in [9.17, 15) is 9.59 Å². The molecule has 1 aromatic carbocycles. The number of amides is 1. The molecular formula is C16H17N3O2. The summed E-state index contributed by atoms with van der Waals surface area (Å²) in [4.78, 5) is 26.4. The van der Waals surface area contributed by atoms with Crippen molar-refractivity contribution in [2.24, 2.45) is 11.8 Å². The minimum atomic E-state index is -0.250. The fourth-order valence-corrected chi connectivity index (χ4v) is 3.83. The van der Waals surface area contributed by atoms with Gasteiger partial charge >= 0.3 is 0 Å². The van der Waals surface area contributed by atoms with Crippen LogP contribution in [-0.2, 0) is 0 Å². The van der Waals surface area contributed by atoms with Gasteiger partial charge in [-0.2, -0.15) is 5.10 Å². The minimum Gasteiger partial charge on any atom is -0.337 e. The average molecular weight is 283 g/mol. The summed E-state index contributed by atoms with van der Waals surface area (Å²) in [6.07, 6.45) is 3.75. The lowest BCUT2D eigenvalue weighted by atomic mass is 10.0. The van der Waals surface area contributed by atoms with E-state index in [4.69, 9.17) is 0 Å². The molecule has 2 fully saturated rings. The van der Waals surface area contributed by atoms with Crippen molar-refractivity contribution >= 4 is 16.7 Å². The molecule has 108 valence electrons. The SMILES string of the molecule is O=C(c1n[nH]c(=O)c2ccccc12)N1CC2CCCC2C1. The van der Waals surface area contributed by atoms with Crippen LogP contribution in [0, 0.1) is 11.8 Å². The van der Waals surface area contributed by atoms with Crippen LogP contribution in [0.15, 0.2) is 29.1 Å². The second-order valence-electron chi connectivity index (χ2n) is 6.11. The normalized spacial score (nSPS) is 24.5. The molecule has 2 aromatic rings. The summed E-state index contributed by atoms with van der Waals surface area (Å²) in [6, 6.07) is 7.15. The standard InChI is InChI=1S/C16H17N3O2/c20-15-13-7-2-1-6-12(13)14(17-18-15)16(21)19-8-10-4-3-5-11(10)9-19/h1-2,6-7,10-11H,3-5,8-9H2,(H,18,20). The molecule has 2 unspecified atom stereocenters. The van der Waals surface area contributed by atoms with Crippen molar-refractivity contribution in [3.63, 3.8) is 0 Å². The van der Waals surface area contributed by atoms with E-state index in [0.717, 1.165) is 13.1 Å². The molecule has 1 saturated carbocycles. The van der Waals surface area contributed by atoms with Crippen molar-refractivity contribution in [2.45, 2.75) is 19.3 Å². The lowest BCUT2D eigenvalue weighted by Gasteiger charge is -2.17. The maximum absolute atomic E-state index is 12.7. The third kappa shape index (κ3) is 1.95. The number of fused-ring (bicyclic) bond motifs is 2. The van der Waals surface area contributed by atoms with Gasteiger partial charge in [-0.05, 0) is 30.7 Å². The highest BCUT2D eigenvalue weighted by molar-refractivity contribution is 6.04. The summed E-state index contributed by atoms with van der Waals surface area (Å²) in [6.45, 7) is 1.66. The molecule has 4 rings (SSSR count). The third-order valence-electron chi connectivity index (χ3n) is 4.91. The van der Waals surface area contributed by atoms with Gasteiger partial charge in [0.2, 0.25) is 0 Å². The van der Waals surface area contributed by atoms with Crippen LogP contribution in [-0.4, -0.2) is 34.1 Å². The zero-order valence-electron chi connectivity index (χ0n) is 11.7. The van der Waals surface area contributed by atoms with E-state index in [1.807, 2.05) is 11.0 Å². The Morgan fingerprint density at radius 1 is 1.14 bits per heavy atom. The second-order valence-corrected chi connectivity index (χ2v) is 6.11. The molecule has 2 aliphatic rings. The number of carbonyl (C=O) groups is 1. The van der Waals surface area contributed by atoms with Gasteiger partial charge in [0.05, 0.1) is 5.39 Å². The van der Waals surface area contributed by atoms with E-state index >= 15 is 0 Å². The zero-order valence-corrected chi connectivity index (χ0v) is 11.7. The number of benzene rings is 1. The molecule has 2 heterocycles. The van der Waals surface area contributed by atoms with Gasteiger partial charge in [-0.1, -0.05) is 24.6 Å². The van der Waals surface area contributed by atoms with Gasteiger partial charge in [-0.15, -0.1) is 0 Å². The number of rotatable bonds is 1. The summed E-state index contributed by atoms with van der Waals surface area (Å²) in [5.41, 5.74) is 0.116. The molecule has 1 aliphatic heterocycles. The number of carbonyl (C=O) groups excluding carboxylic acids is 1. The van der Waals surface area contributed by atoms with E-state index < -0.39 is 0 Å². The van der Waals surface area contributed by atoms with Crippen LogP contribution in [0.4, 0.5) is 0 Å². The third-order valence-corrected chi connectivity index (χ3v) is 4.91. The number of aromatic nitrogens is 2. The predicted molar refractivity (Wildman–Crippen MR) is 79.1 cm³/mol. The number of nitrogens with one attached hydrogen (secondary N) is 1. The number of aromatic amines is 1. The molecule has 0 spiro atoms. The highest BCUT2D eigenvalue weighted by Gasteiger charge is 2.38. The van der Waals surface area contributed by atoms with E-state index in [-0.39, 0.29) is 11.5 Å². The summed E-state index contributed by atoms with van der Waals surface area (Å²) in [7, 11) is 0. The van der Waals surface area contributed by atoms with Crippen molar-refractivity contribution in [1.82, 2.24) is 15.1 Å². The molecule has 21 heavy (non-hydrogen) atoms. The lowest BCUT2D eigenvalue weighted by Crippen LogP contribution is -2.31. The Kier molecular flexibility index (Phi) is 2.80. The zero-order chi connectivity index (χ0) is 14.4. The van der Waals surface area contributed by atoms with Gasteiger partial charge in [-0.3, -0.25) is 9.59 Å². The van der Waals surface area contributed by atoms with Gasteiger partial charge in [0.15, 0.2) is 5.69 Å². The quantitative estimate of drug-likeness (QED) is 0.867. The second kappa shape index (κ2) is 4.69. The Morgan fingerprint density at radius 2 is 1.81 bits per heavy atom. The van der Waals surface area contributed by atoms with Crippen LogP contribution in [0.2, 0.25) is 0 Å². The van der Waals surface area contributed by atoms with Gasteiger partial charge in [0, 0.05) is 18.5 Å². The van der Waals surface area contributed by atoms with Gasteiger partial charge in [0.1, 0.15) is 0 Å². The van der Waals surface area contributed by atoms with Crippen molar-refractivity contribution in [1.29, 1.82) is 0 Å². The first-order valence-corrected chi connectivity index (χ1v) is 7.51. The van der Waals surface area contributed by atoms with Crippen LogP contribution in [0.25, 0.3) is 10.8 Å². The first kappa shape index (κ1) is 12.6. The average Bonchev–Trinajstić information content (AvgIpc) is 3.08. The Bertz CT molecular complexity index is 755. The van der Waals surface area contributed by atoms with Crippen LogP contribution < -0.4 is 5.56 Å². The largest absolute Gasteiger partial charge is 0.337 e. The molecular weight excluding hydrogens is 266 g/mol. The van der Waals surface area contributed by atoms with Crippen LogP contribution >= 0.6 is 0 Å². The van der Waals surface area contributed by atoms with Gasteiger partial charge in [-0.25, -0.2) is 5.10 Å². The summed E-state index contributed by atoms with van der Waals surface area (Å²) >= 11 is 0. The summed E-state index contributed by atoms with van der Waals surface area (Å²) in [5, 5.41) is 7.63. The van der Waals surface area contributed by atoms with Gasteiger partial charge in [0.25, 0.3) is 11.5 Å². The molecule has 0 radical (unpaired) electrons. The fraction of sp³-hybridized carbons (Fsp3) is 0.438. The Hall–Kier alpha value is -2.17. The van der Waals surface area contributed by atoms with E-state index in [1.54, 1.807) is 18.2 Å².